The van der Waals surface area contributed by atoms with Gasteiger partial charge in [-0.1, -0.05) is 49.2 Å². The van der Waals surface area contributed by atoms with Crippen molar-refractivity contribution < 1.29 is 13.9 Å². The Balaban J connectivity index is 1.88. The fourth-order valence-corrected chi connectivity index (χ4v) is 3.46. The molecule has 0 bridgehead atoms. The molecule has 3 rings (SSSR count). The van der Waals surface area contributed by atoms with Crippen molar-refractivity contribution >= 4 is 40.1 Å². The molecule has 6 heteroatoms. The molecule has 3 aromatic rings. The van der Waals surface area contributed by atoms with Crippen LogP contribution >= 0.6 is 23.2 Å². The number of benzene rings is 2. The van der Waals surface area contributed by atoms with E-state index in [1.165, 1.54) is 6.07 Å². The Morgan fingerprint density at radius 3 is 2.43 bits per heavy atom. The molecule has 0 fully saturated rings. The molecule has 146 valence electrons. The Kier molecular flexibility index (Phi) is 6.11. The average Bonchev–Trinajstić information content (AvgIpc) is 2.62. The second-order valence-electron chi connectivity index (χ2n) is 7.07. The first-order valence-corrected chi connectivity index (χ1v) is 9.67. The Morgan fingerprint density at radius 1 is 1.11 bits per heavy atom. The van der Waals surface area contributed by atoms with Crippen molar-refractivity contribution in [1.82, 2.24) is 0 Å². The van der Waals surface area contributed by atoms with Gasteiger partial charge >= 0.3 is 11.6 Å². The van der Waals surface area contributed by atoms with Gasteiger partial charge in [0, 0.05) is 27.1 Å². The highest BCUT2D eigenvalue weighted by atomic mass is 35.5. The SMILES string of the molecule is Cc1cc2oc(=O)cc(COC(=O)[C@@H](c3ccc(Cl)cc3)C(C)C)c2cc1Cl. The highest BCUT2D eigenvalue weighted by Crippen LogP contribution is 2.29. The molecule has 0 spiro atoms. The Hall–Kier alpha value is -2.30. The van der Waals surface area contributed by atoms with Crippen LogP contribution in [0.2, 0.25) is 10.0 Å². The number of carbonyl (C=O) groups excluding carboxylic acids is 1. The van der Waals surface area contributed by atoms with E-state index in [0.717, 1.165) is 11.1 Å². The maximum atomic E-state index is 12.8. The molecule has 0 unspecified atom stereocenters. The summed E-state index contributed by atoms with van der Waals surface area (Å²) in [6.07, 6.45) is 0. The molecule has 4 nitrogen and oxygen atoms in total. The van der Waals surface area contributed by atoms with E-state index in [0.29, 0.717) is 26.6 Å². The minimum absolute atomic E-state index is 0.0309. The van der Waals surface area contributed by atoms with Crippen molar-refractivity contribution in [3.05, 3.63) is 79.6 Å². The van der Waals surface area contributed by atoms with Gasteiger partial charge in [0.25, 0.3) is 0 Å². The quantitative estimate of drug-likeness (QED) is 0.382. The van der Waals surface area contributed by atoms with E-state index in [-0.39, 0.29) is 18.5 Å². The Labute approximate surface area is 173 Å². The van der Waals surface area contributed by atoms with Gasteiger partial charge in [-0.25, -0.2) is 4.79 Å². The van der Waals surface area contributed by atoms with Crippen molar-refractivity contribution in [2.45, 2.75) is 33.3 Å². The molecule has 0 aliphatic heterocycles. The number of halogens is 2. The summed E-state index contributed by atoms with van der Waals surface area (Å²) in [5, 5.41) is 1.81. The summed E-state index contributed by atoms with van der Waals surface area (Å²) in [5.74, 6) is -0.769. The summed E-state index contributed by atoms with van der Waals surface area (Å²) < 4.78 is 10.8. The van der Waals surface area contributed by atoms with Gasteiger partial charge in [-0.15, -0.1) is 0 Å². The van der Waals surface area contributed by atoms with Crippen LogP contribution in [-0.2, 0) is 16.1 Å². The number of carbonyl (C=O) groups is 1. The monoisotopic (exact) mass is 418 g/mol. The second kappa shape index (κ2) is 8.38. The van der Waals surface area contributed by atoms with Gasteiger partial charge in [0.2, 0.25) is 0 Å². The van der Waals surface area contributed by atoms with Crippen molar-refractivity contribution in [1.29, 1.82) is 0 Å². The summed E-state index contributed by atoms with van der Waals surface area (Å²) in [7, 11) is 0. The zero-order chi connectivity index (χ0) is 20.4. The maximum absolute atomic E-state index is 12.8. The van der Waals surface area contributed by atoms with Crippen molar-refractivity contribution in [2.24, 2.45) is 5.92 Å². The molecule has 28 heavy (non-hydrogen) atoms. The number of rotatable bonds is 5. The van der Waals surface area contributed by atoms with Gasteiger partial charge in [-0.05, 0) is 48.2 Å². The summed E-state index contributed by atoms with van der Waals surface area (Å²) in [5.41, 5.74) is 2.10. The molecule has 0 aliphatic carbocycles. The molecule has 0 radical (unpaired) electrons. The first-order chi connectivity index (χ1) is 13.3. The van der Waals surface area contributed by atoms with E-state index < -0.39 is 11.5 Å². The molecule has 0 amide bonds. The third-order valence-corrected chi connectivity index (χ3v) is 5.29. The van der Waals surface area contributed by atoms with E-state index in [1.54, 1.807) is 24.3 Å². The lowest BCUT2D eigenvalue weighted by Crippen LogP contribution is -2.21. The van der Waals surface area contributed by atoms with Crippen molar-refractivity contribution in [3.8, 4) is 0 Å². The predicted molar refractivity (Wildman–Crippen MR) is 111 cm³/mol. The maximum Gasteiger partial charge on any atom is 0.336 e. The summed E-state index contributed by atoms with van der Waals surface area (Å²) in [6.45, 7) is 5.69. The van der Waals surface area contributed by atoms with Crippen LogP contribution < -0.4 is 5.63 Å². The molecule has 1 atom stereocenters. The van der Waals surface area contributed by atoms with E-state index in [4.69, 9.17) is 32.4 Å². The molecule has 0 N–H and O–H groups in total. The van der Waals surface area contributed by atoms with Crippen LogP contribution in [0.15, 0.2) is 51.7 Å². The highest BCUT2D eigenvalue weighted by Gasteiger charge is 2.26. The van der Waals surface area contributed by atoms with E-state index in [2.05, 4.69) is 0 Å². The number of hydrogen-bond acceptors (Lipinski definition) is 4. The smallest absolute Gasteiger partial charge is 0.336 e. The molecular formula is C22H20Cl2O4. The predicted octanol–water partition coefficient (Wildman–Crippen LogP) is 5.89. The number of fused-ring (bicyclic) bond motifs is 1. The fraction of sp³-hybridized carbons (Fsp3) is 0.273. The number of hydrogen-bond donors (Lipinski definition) is 0. The lowest BCUT2D eigenvalue weighted by Gasteiger charge is -2.20. The van der Waals surface area contributed by atoms with Gasteiger partial charge in [-0.2, -0.15) is 0 Å². The third kappa shape index (κ3) is 4.40. The summed E-state index contributed by atoms with van der Waals surface area (Å²) in [4.78, 5) is 24.7. The number of esters is 1. The Morgan fingerprint density at radius 2 is 1.79 bits per heavy atom. The minimum Gasteiger partial charge on any atom is -0.460 e. The largest absolute Gasteiger partial charge is 0.460 e. The van der Waals surface area contributed by atoms with Crippen LogP contribution in [0.1, 0.15) is 36.5 Å². The first-order valence-electron chi connectivity index (χ1n) is 8.91. The van der Waals surface area contributed by atoms with Crippen LogP contribution in [0.3, 0.4) is 0 Å². The normalized spacial score (nSPS) is 12.4. The van der Waals surface area contributed by atoms with Crippen LogP contribution in [-0.4, -0.2) is 5.97 Å². The number of ether oxygens (including phenoxy) is 1. The Bertz CT molecular complexity index is 1070. The number of aryl methyl sites for hydroxylation is 1. The van der Waals surface area contributed by atoms with E-state index in [1.807, 2.05) is 32.9 Å². The zero-order valence-electron chi connectivity index (χ0n) is 15.8. The van der Waals surface area contributed by atoms with Gasteiger partial charge in [0.05, 0.1) is 5.92 Å². The van der Waals surface area contributed by atoms with Crippen LogP contribution in [0.25, 0.3) is 11.0 Å². The molecule has 1 aromatic heterocycles. The van der Waals surface area contributed by atoms with Gasteiger partial charge in [0.1, 0.15) is 12.2 Å². The van der Waals surface area contributed by atoms with Crippen LogP contribution in [0.5, 0.6) is 0 Å². The van der Waals surface area contributed by atoms with E-state index >= 15 is 0 Å². The van der Waals surface area contributed by atoms with Crippen molar-refractivity contribution in [2.75, 3.05) is 0 Å². The van der Waals surface area contributed by atoms with Gasteiger partial charge < -0.3 is 9.15 Å². The molecular weight excluding hydrogens is 399 g/mol. The molecule has 1 heterocycles. The average molecular weight is 419 g/mol. The van der Waals surface area contributed by atoms with Crippen LogP contribution in [0, 0.1) is 12.8 Å². The topological polar surface area (TPSA) is 56.5 Å². The van der Waals surface area contributed by atoms with Crippen LogP contribution in [0.4, 0.5) is 0 Å². The highest BCUT2D eigenvalue weighted by molar-refractivity contribution is 6.32. The molecule has 0 saturated carbocycles. The minimum atomic E-state index is -0.501. The molecule has 0 saturated heterocycles. The fourth-order valence-electron chi connectivity index (χ4n) is 3.17. The third-order valence-electron chi connectivity index (χ3n) is 4.63. The lowest BCUT2D eigenvalue weighted by atomic mass is 9.88. The van der Waals surface area contributed by atoms with Gasteiger partial charge in [-0.3, -0.25) is 4.79 Å². The van der Waals surface area contributed by atoms with E-state index in [9.17, 15) is 9.59 Å². The second-order valence-corrected chi connectivity index (χ2v) is 7.91. The summed E-state index contributed by atoms with van der Waals surface area (Å²) >= 11 is 12.2. The molecule has 0 aliphatic rings. The lowest BCUT2D eigenvalue weighted by molar-refractivity contribution is -0.147. The van der Waals surface area contributed by atoms with Gasteiger partial charge in [0.15, 0.2) is 0 Å². The zero-order valence-corrected chi connectivity index (χ0v) is 17.3. The first kappa shape index (κ1) is 20.4. The van der Waals surface area contributed by atoms with Crippen molar-refractivity contribution in [3.63, 3.8) is 0 Å². The molecule has 2 aromatic carbocycles. The summed E-state index contributed by atoms with van der Waals surface area (Å²) in [6, 6.07) is 11.9. The standard InChI is InChI=1S/C22H20Cl2O4/c1-12(2)21(14-4-6-16(23)7-5-14)22(26)27-11-15-9-20(25)28-19-8-13(3)18(24)10-17(15)19/h4-10,12,21H,11H2,1-3H3/t21-/m1/s1.